The van der Waals surface area contributed by atoms with E-state index in [0.717, 1.165) is 11.3 Å². The molecule has 1 aromatic carbocycles. The monoisotopic (exact) mass is 214 g/mol. The van der Waals surface area contributed by atoms with Crippen LogP contribution >= 0.6 is 11.6 Å². The normalized spacial score (nSPS) is 14.9. The lowest BCUT2D eigenvalue weighted by Gasteiger charge is -2.18. The molecule has 0 saturated carbocycles. The molecule has 3 heteroatoms. The zero-order valence-corrected chi connectivity index (χ0v) is 9.38. The Bertz CT molecular complexity index is 310. The summed E-state index contributed by atoms with van der Waals surface area (Å²) >= 11 is 5.81. The minimum Gasteiger partial charge on any atom is -0.488 e. The maximum Gasteiger partial charge on any atom is 0.122 e. The van der Waals surface area contributed by atoms with E-state index in [2.05, 4.69) is 0 Å². The molecule has 0 spiro atoms. The van der Waals surface area contributed by atoms with Crippen LogP contribution in [0.25, 0.3) is 0 Å². The van der Waals surface area contributed by atoms with Crippen molar-refractivity contribution in [2.75, 3.05) is 0 Å². The molecule has 0 fully saturated rings. The van der Waals surface area contributed by atoms with Crippen molar-refractivity contribution in [3.63, 3.8) is 0 Å². The van der Waals surface area contributed by atoms with Crippen molar-refractivity contribution in [1.82, 2.24) is 0 Å². The van der Waals surface area contributed by atoms with E-state index < -0.39 is 6.10 Å². The maximum atomic E-state index is 9.28. The molecule has 1 N–H and O–H groups in total. The van der Waals surface area contributed by atoms with Crippen molar-refractivity contribution < 1.29 is 9.84 Å². The van der Waals surface area contributed by atoms with Gasteiger partial charge in [0.25, 0.3) is 0 Å². The summed E-state index contributed by atoms with van der Waals surface area (Å²) < 4.78 is 5.55. The van der Waals surface area contributed by atoms with E-state index >= 15 is 0 Å². The zero-order valence-electron chi connectivity index (χ0n) is 8.62. The highest BCUT2D eigenvalue weighted by Crippen LogP contribution is 2.23. The number of hydrogen-bond acceptors (Lipinski definition) is 2. The topological polar surface area (TPSA) is 29.5 Å². The number of benzene rings is 1. The van der Waals surface area contributed by atoms with Crippen molar-refractivity contribution in [1.29, 1.82) is 0 Å². The quantitative estimate of drug-likeness (QED) is 0.839. The Balaban J connectivity index is 2.77. The highest BCUT2D eigenvalue weighted by molar-refractivity contribution is 6.30. The molecule has 0 amide bonds. The Kier molecular flexibility index (Phi) is 3.78. The molecule has 0 heterocycles. The van der Waals surface area contributed by atoms with Gasteiger partial charge in [0.15, 0.2) is 0 Å². The first-order valence-corrected chi connectivity index (χ1v) is 4.99. The summed E-state index contributed by atoms with van der Waals surface area (Å²) in [7, 11) is 0. The van der Waals surface area contributed by atoms with Crippen molar-refractivity contribution >= 4 is 11.6 Å². The van der Waals surface area contributed by atoms with E-state index in [1.165, 1.54) is 0 Å². The summed E-state index contributed by atoms with van der Waals surface area (Å²) in [6.45, 7) is 5.46. The molecule has 0 radical (unpaired) electrons. The summed E-state index contributed by atoms with van der Waals surface area (Å²) in [4.78, 5) is 0. The molecule has 0 aromatic heterocycles. The number of hydrogen-bond donors (Lipinski definition) is 1. The third-order valence-corrected chi connectivity index (χ3v) is 2.36. The van der Waals surface area contributed by atoms with Crippen LogP contribution < -0.4 is 4.74 Å². The summed E-state index contributed by atoms with van der Waals surface area (Å²) in [5.74, 6) is 0.766. The van der Waals surface area contributed by atoms with Gasteiger partial charge < -0.3 is 9.84 Å². The first-order chi connectivity index (χ1) is 6.50. The van der Waals surface area contributed by atoms with Crippen molar-refractivity contribution in [2.45, 2.75) is 33.0 Å². The highest BCUT2D eigenvalue weighted by Gasteiger charge is 2.11. The van der Waals surface area contributed by atoms with Crippen LogP contribution in [0.15, 0.2) is 18.2 Å². The van der Waals surface area contributed by atoms with Crippen LogP contribution in [0.3, 0.4) is 0 Å². The molecule has 2 unspecified atom stereocenters. The van der Waals surface area contributed by atoms with Crippen LogP contribution in [0, 0.1) is 6.92 Å². The summed E-state index contributed by atoms with van der Waals surface area (Å²) in [5, 5.41) is 9.97. The van der Waals surface area contributed by atoms with Crippen LogP contribution in [0.2, 0.25) is 5.02 Å². The fraction of sp³-hybridized carbons (Fsp3) is 0.455. The predicted molar refractivity (Wildman–Crippen MR) is 58.0 cm³/mol. The Hall–Kier alpha value is -0.730. The van der Waals surface area contributed by atoms with Crippen LogP contribution in [0.4, 0.5) is 0 Å². The molecule has 78 valence electrons. The molecule has 2 nitrogen and oxygen atoms in total. The number of ether oxygens (including phenoxy) is 1. The lowest BCUT2D eigenvalue weighted by atomic mass is 10.2. The smallest absolute Gasteiger partial charge is 0.122 e. The third-order valence-electron chi connectivity index (χ3n) is 2.13. The van der Waals surface area contributed by atoms with Gasteiger partial charge in [0, 0.05) is 5.02 Å². The second-order valence-corrected chi connectivity index (χ2v) is 3.91. The Morgan fingerprint density at radius 1 is 1.36 bits per heavy atom. The molecule has 0 bridgehead atoms. The van der Waals surface area contributed by atoms with E-state index in [0.29, 0.717) is 5.02 Å². The first kappa shape index (κ1) is 11.3. The van der Waals surface area contributed by atoms with Gasteiger partial charge in [-0.25, -0.2) is 0 Å². The SMILES string of the molecule is Cc1cc(Cl)ccc1OC(C)C(C)O. The predicted octanol–water partition coefficient (Wildman–Crippen LogP) is 2.80. The van der Waals surface area contributed by atoms with Crippen molar-refractivity contribution in [3.05, 3.63) is 28.8 Å². The van der Waals surface area contributed by atoms with Crippen molar-refractivity contribution in [2.24, 2.45) is 0 Å². The van der Waals surface area contributed by atoms with Gasteiger partial charge in [0.05, 0.1) is 6.10 Å². The standard InChI is InChI=1S/C11H15ClO2/c1-7-6-10(12)4-5-11(7)14-9(3)8(2)13/h4-6,8-9,13H,1-3H3. The first-order valence-electron chi connectivity index (χ1n) is 4.61. The van der Waals surface area contributed by atoms with Gasteiger partial charge in [-0.05, 0) is 44.5 Å². The molecule has 1 rings (SSSR count). The van der Waals surface area contributed by atoms with Gasteiger partial charge in [-0.1, -0.05) is 11.6 Å². The summed E-state index contributed by atoms with van der Waals surface area (Å²) in [6.07, 6.45) is -0.694. The maximum absolute atomic E-state index is 9.28. The van der Waals surface area contributed by atoms with E-state index in [1.807, 2.05) is 26.0 Å². The Morgan fingerprint density at radius 2 is 2.00 bits per heavy atom. The molecular weight excluding hydrogens is 200 g/mol. The molecule has 0 aliphatic heterocycles. The molecule has 14 heavy (non-hydrogen) atoms. The fourth-order valence-electron chi connectivity index (χ4n) is 1.04. The fourth-order valence-corrected chi connectivity index (χ4v) is 1.27. The largest absolute Gasteiger partial charge is 0.488 e. The lowest BCUT2D eigenvalue weighted by molar-refractivity contribution is 0.0600. The number of aryl methyl sites for hydroxylation is 1. The molecule has 0 aliphatic rings. The van der Waals surface area contributed by atoms with E-state index in [1.54, 1.807) is 13.0 Å². The Labute approximate surface area is 89.5 Å². The molecule has 0 aliphatic carbocycles. The number of aliphatic hydroxyl groups excluding tert-OH is 1. The van der Waals surface area contributed by atoms with Gasteiger partial charge in [-0.15, -0.1) is 0 Å². The van der Waals surface area contributed by atoms with Crippen LogP contribution in [0.1, 0.15) is 19.4 Å². The second-order valence-electron chi connectivity index (χ2n) is 3.47. The number of aliphatic hydroxyl groups is 1. The minimum absolute atomic E-state index is 0.213. The average Bonchev–Trinajstić information content (AvgIpc) is 2.09. The van der Waals surface area contributed by atoms with Crippen LogP contribution in [-0.4, -0.2) is 17.3 Å². The van der Waals surface area contributed by atoms with Gasteiger partial charge >= 0.3 is 0 Å². The van der Waals surface area contributed by atoms with Crippen molar-refractivity contribution in [3.8, 4) is 5.75 Å². The second kappa shape index (κ2) is 4.67. The zero-order chi connectivity index (χ0) is 10.7. The number of rotatable bonds is 3. The van der Waals surface area contributed by atoms with Gasteiger partial charge in [0.1, 0.15) is 11.9 Å². The molecule has 0 saturated heterocycles. The minimum atomic E-state index is -0.481. The molecule has 1 aromatic rings. The summed E-state index contributed by atoms with van der Waals surface area (Å²) in [6, 6.07) is 5.43. The molecule has 2 atom stereocenters. The average molecular weight is 215 g/mol. The lowest BCUT2D eigenvalue weighted by Crippen LogP contribution is -2.25. The Morgan fingerprint density at radius 3 is 2.50 bits per heavy atom. The van der Waals surface area contributed by atoms with Crippen LogP contribution in [-0.2, 0) is 0 Å². The summed E-state index contributed by atoms with van der Waals surface area (Å²) in [5.41, 5.74) is 0.977. The number of halogens is 1. The third kappa shape index (κ3) is 2.89. The van der Waals surface area contributed by atoms with Gasteiger partial charge in [0.2, 0.25) is 0 Å². The van der Waals surface area contributed by atoms with Gasteiger partial charge in [-0.3, -0.25) is 0 Å². The van der Waals surface area contributed by atoms with Gasteiger partial charge in [-0.2, -0.15) is 0 Å². The van der Waals surface area contributed by atoms with Crippen LogP contribution in [0.5, 0.6) is 5.75 Å². The van der Waals surface area contributed by atoms with E-state index in [4.69, 9.17) is 16.3 Å². The highest BCUT2D eigenvalue weighted by atomic mass is 35.5. The van der Waals surface area contributed by atoms with E-state index in [-0.39, 0.29) is 6.10 Å². The van der Waals surface area contributed by atoms with E-state index in [9.17, 15) is 5.11 Å². The molecular formula is C11H15ClO2.